The van der Waals surface area contributed by atoms with Crippen LogP contribution >= 0.6 is 0 Å². The van der Waals surface area contributed by atoms with E-state index in [-0.39, 0.29) is 47.7 Å². The van der Waals surface area contributed by atoms with Crippen molar-refractivity contribution in [1.29, 1.82) is 0 Å². The lowest BCUT2D eigenvalue weighted by atomic mass is 9.91. The average molecular weight is 469 g/mol. The fourth-order valence-electron chi connectivity index (χ4n) is 3.94. The molecule has 3 N–H and O–H groups in total. The summed E-state index contributed by atoms with van der Waals surface area (Å²) < 4.78 is 32.9. The molecule has 186 valence electrons. The number of nitrogens with two attached hydrogens (primary N) is 1. The van der Waals surface area contributed by atoms with Gasteiger partial charge in [0.2, 0.25) is 5.91 Å². The lowest BCUT2D eigenvalue weighted by Gasteiger charge is -2.39. The van der Waals surface area contributed by atoms with Crippen LogP contribution < -0.4 is 16.0 Å². The number of hydrogen-bond donors (Lipinski definition) is 2. The van der Waals surface area contributed by atoms with Crippen molar-refractivity contribution in [2.75, 3.05) is 49.6 Å². The van der Waals surface area contributed by atoms with Crippen molar-refractivity contribution >= 4 is 23.2 Å². The predicted molar refractivity (Wildman–Crippen MR) is 127 cm³/mol. The summed E-state index contributed by atoms with van der Waals surface area (Å²) in [4.78, 5) is 28.7. The average Bonchev–Trinajstić information content (AvgIpc) is 2.66. The highest BCUT2D eigenvalue weighted by Crippen LogP contribution is 2.32. The molecule has 7 nitrogen and oxygen atoms in total. The first-order valence-corrected chi connectivity index (χ1v) is 11.3. The van der Waals surface area contributed by atoms with Crippen LogP contribution in [0.4, 0.5) is 20.2 Å². The molecule has 1 saturated heterocycles. The number of anilines is 2. The fourth-order valence-corrected chi connectivity index (χ4v) is 3.94. The quantitative estimate of drug-likeness (QED) is 0.608. The van der Waals surface area contributed by atoms with Crippen molar-refractivity contribution < 1.29 is 23.1 Å². The van der Waals surface area contributed by atoms with E-state index in [1.54, 1.807) is 6.07 Å². The standard InChI is InChI=1S/C24H38F2N4O3/c1-23(2,3)14-29(15-24(4,5)6)19(12-27)22(32)28-18-8-7-16(11-17(18)21(25)26)30-9-10-33-13-20(30)31/h7-8,11,19,21H,9-10,12-15,27H2,1-6H3,(H,28,32)/t19-/m0/s1. The Morgan fingerprint density at radius 1 is 1.18 bits per heavy atom. The number of nitrogens with zero attached hydrogens (tertiary/aromatic N) is 2. The monoisotopic (exact) mass is 468 g/mol. The SMILES string of the molecule is CC(C)(C)CN(CC(C)(C)C)[C@@H](CN)C(=O)Nc1ccc(N2CCOCC2=O)cc1C(F)F. The molecule has 9 heteroatoms. The molecule has 1 aliphatic rings. The van der Waals surface area contributed by atoms with Crippen LogP contribution in [0.2, 0.25) is 0 Å². The maximum absolute atomic E-state index is 13.9. The van der Waals surface area contributed by atoms with Gasteiger partial charge in [-0.05, 0) is 29.0 Å². The maximum Gasteiger partial charge on any atom is 0.265 e. The number of alkyl halides is 2. The molecule has 33 heavy (non-hydrogen) atoms. The molecular formula is C24H38F2N4O3. The zero-order valence-corrected chi connectivity index (χ0v) is 20.6. The fraction of sp³-hybridized carbons (Fsp3) is 0.667. The summed E-state index contributed by atoms with van der Waals surface area (Å²) in [7, 11) is 0. The first-order chi connectivity index (χ1) is 15.2. The lowest BCUT2D eigenvalue weighted by molar-refractivity contribution is -0.125. The van der Waals surface area contributed by atoms with Gasteiger partial charge in [-0.3, -0.25) is 14.5 Å². The normalized spacial score (nSPS) is 16.5. The number of benzene rings is 1. The second-order valence-corrected chi connectivity index (χ2v) is 10.9. The van der Waals surface area contributed by atoms with Crippen molar-refractivity contribution in [3.8, 4) is 0 Å². The van der Waals surface area contributed by atoms with Crippen LogP contribution in [0.3, 0.4) is 0 Å². The number of carbonyl (C=O) groups is 2. The maximum atomic E-state index is 13.9. The zero-order valence-electron chi connectivity index (χ0n) is 20.6. The van der Waals surface area contributed by atoms with Gasteiger partial charge in [-0.25, -0.2) is 8.78 Å². The van der Waals surface area contributed by atoms with Crippen LogP contribution in [-0.4, -0.2) is 62.1 Å². The Hall–Kier alpha value is -2.10. The molecule has 1 atom stereocenters. The van der Waals surface area contributed by atoms with Gasteiger partial charge < -0.3 is 20.7 Å². The molecule has 0 unspecified atom stereocenters. The Kier molecular flexibility index (Phi) is 8.95. The predicted octanol–water partition coefficient (Wildman–Crippen LogP) is 3.65. The van der Waals surface area contributed by atoms with Crippen LogP contribution in [0, 0.1) is 10.8 Å². The number of morpholine rings is 1. The van der Waals surface area contributed by atoms with Gasteiger partial charge >= 0.3 is 0 Å². The van der Waals surface area contributed by atoms with Gasteiger partial charge in [-0.2, -0.15) is 0 Å². The smallest absolute Gasteiger partial charge is 0.265 e. The van der Waals surface area contributed by atoms with E-state index in [1.807, 2.05) is 4.90 Å². The molecule has 1 aliphatic heterocycles. The minimum Gasteiger partial charge on any atom is -0.370 e. The highest BCUT2D eigenvalue weighted by molar-refractivity contribution is 5.97. The van der Waals surface area contributed by atoms with Gasteiger partial charge in [0.05, 0.1) is 6.61 Å². The van der Waals surface area contributed by atoms with Crippen molar-refractivity contribution in [3.63, 3.8) is 0 Å². The second-order valence-electron chi connectivity index (χ2n) is 10.9. The summed E-state index contributed by atoms with van der Waals surface area (Å²) in [5.41, 5.74) is 5.86. The molecule has 1 heterocycles. The van der Waals surface area contributed by atoms with Gasteiger partial charge in [0.1, 0.15) is 12.6 Å². The lowest BCUT2D eigenvalue weighted by Crippen LogP contribution is -2.53. The number of carbonyl (C=O) groups excluding carboxylic acids is 2. The van der Waals surface area contributed by atoms with Crippen molar-refractivity contribution in [2.24, 2.45) is 16.6 Å². The van der Waals surface area contributed by atoms with E-state index >= 15 is 0 Å². The molecule has 0 aliphatic carbocycles. The largest absolute Gasteiger partial charge is 0.370 e. The molecule has 0 radical (unpaired) electrons. The molecule has 0 aromatic heterocycles. The van der Waals surface area contributed by atoms with Crippen LogP contribution in [0.25, 0.3) is 0 Å². The number of nitrogens with one attached hydrogen (secondary N) is 1. The minimum absolute atomic E-state index is 0.0179. The van der Waals surface area contributed by atoms with E-state index in [1.165, 1.54) is 17.0 Å². The summed E-state index contributed by atoms with van der Waals surface area (Å²) in [5.74, 6) is -0.718. The van der Waals surface area contributed by atoms with Crippen LogP contribution in [0.5, 0.6) is 0 Å². The molecular weight excluding hydrogens is 430 g/mol. The molecule has 1 fully saturated rings. The summed E-state index contributed by atoms with van der Waals surface area (Å²) in [6, 6.07) is 3.56. The van der Waals surface area contributed by atoms with Gasteiger partial charge in [0.15, 0.2) is 0 Å². The first-order valence-electron chi connectivity index (χ1n) is 11.3. The van der Waals surface area contributed by atoms with E-state index in [2.05, 4.69) is 46.9 Å². The Labute approximate surface area is 195 Å². The highest BCUT2D eigenvalue weighted by Gasteiger charge is 2.32. The van der Waals surface area contributed by atoms with Gasteiger partial charge in [0, 0.05) is 43.1 Å². The number of ether oxygens (including phenoxy) is 1. The summed E-state index contributed by atoms with van der Waals surface area (Å²) in [6.07, 6.45) is -2.83. The van der Waals surface area contributed by atoms with Crippen molar-refractivity contribution in [1.82, 2.24) is 4.90 Å². The Balaban J connectivity index is 2.30. The van der Waals surface area contributed by atoms with Crippen molar-refractivity contribution in [2.45, 2.75) is 54.0 Å². The Morgan fingerprint density at radius 3 is 2.27 bits per heavy atom. The molecule has 2 amide bonds. The molecule has 0 saturated carbocycles. The third-order valence-corrected chi connectivity index (χ3v) is 5.15. The summed E-state index contributed by atoms with van der Waals surface area (Å²) in [6.45, 7) is 14.3. The van der Waals surface area contributed by atoms with Gasteiger partial charge in [0.25, 0.3) is 12.3 Å². The molecule has 0 spiro atoms. The van der Waals surface area contributed by atoms with E-state index in [4.69, 9.17) is 10.5 Å². The number of hydrogen-bond acceptors (Lipinski definition) is 5. The minimum atomic E-state index is -2.83. The molecule has 0 bridgehead atoms. The third-order valence-electron chi connectivity index (χ3n) is 5.15. The summed E-state index contributed by atoms with van der Waals surface area (Å²) >= 11 is 0. The first kappa shape index (κ1) is 27.1. The molecule has 1 aromatic carbocycles. The van der Waals surface area contributed by atoms with Crippen LogP contribution in [0.15, 0.2) is 18.2 Å². The molecule has 1 aromatic rings. The third kappa shape index (κ3) is 8.01. The van der Waals surface area contributed by atoms with E-state index in [0.717, 1.165) is 0 Å². The molecule has 2 rings (SSSR count). The summed E-state index contributed by atoms with van der Waals surface area (Å²) in [5, 5.41) is 2.67. The number of amides is 2. The van der Waals surface area contributed by atoms with Crippen LogP contribution in [0.1, 0.15) is 53.5 Å². The van der Waals surface area contributed by atoms with E-state index < -0.39 is 18.4 Å². The number of rotatable bonds is 8. The second kappa shape index (κ2) is 10.9. The number of halogens is 2. The van der Waals surface area contributed by atoms with E-state index in [0.29, 0.717) is 25.4 Å². The van der Waals surface area contributed by atoms with Gasteiger partial charge in [-0.1, -0.05) is 41.5 Å². The highest BCUT2D eigenvalue weighted by atomic mass is 19.3. The zero-order chi connectivity index (χ0) is 25.0. The Bertz CT molecular complexity index is 818. The van der Waals surface area contributed by atoms with Crippen LogP contribution in [-0.2, 0) is 14.3 Å². The Morgan fingerprint density at radius 2 is 1.79 bits per heavy atom. The van der Waals surface area contributed by atoms with Crippen molar-refractivity contribution in [3.05, 3.63) is 23.8 Å². The topological polar surface area (TPSA) is 87.9 Å². The van der Waals surface area contributed by atoms with Gasteiger partial charge in [-0.15, -0.1) is 0 Å². The van der Waals surface area contributed by atoms with E-state index in [9.17, 15) is 18.4 Å².